The molecule has 2 fully saturated rings. The topological polar surface area (TPSA) is 73.3 Å². The largest absolute Gasteiger partial charge is 0.421 e. The molecule has 2 aromatic rings. The van der Waals surface area contributed by atoms with Crippen molar-refractivity contribution in [1.82, 2.24) is 9.21 Å². The van der Waals surface area contributed by atoms with Crippen LogP contribution in [0.1, 0.15) is 19.4 Å². The Labute approximate surface area is 207 Å². The minimum Gasteiger partial charge on any atom is -0.376 e. The molecule has 3 atom stereocenters. The summed E-state index contributed by atoms with van der Waals surface area (Å²) in [6, 6.07) is 8.78. The lowest BCUT2D eigenvalue weighted by Crippen LogP contribution is -2.59. The average Bonchev–Trinajstić information content (AvgIpc) is 3.34. The number of benzene rings is 1. The van der Waals surface area contributed by atoms with Gasteiger partial charge in [-0.1, -0.05) is 18.2 Å². The predicted molar refractivity (Wildman–Crippen MR) is 128 cm³/mol. The summed E-state index contributed by atoms with van der Waals surface area (Å²) in [7, 11) is -3.63. The Hall–Kier alpha value is -1.70. The third-order valence-electron chi connectivity index (χ3n) is 6.64. The van der Waals surface area contributed by atoms with Gasteiger partial charge in [-0.3, -0.25) is 4.90 Å². The Balaban J connectivity index is 1.59. The van der Waals surface area contributed by atoms with Crippen molar-refractivity contribution < 1.29 is 31.4 Å². The first-order chi connectivity index (χ1) is 16.4. The molecule has 2 aliphatic rings. The summed E-state index contributed by atoms with van der Waals surface area (Å²) in [5, 5.41) is 11.7. The van der Waals surface area contributed by atoms with Gasteiger partial charge >= 0.3 is 6.18 Å². The quantitative estimate of drug-likeness (QED) is 0.615. The summed E-state index contributed by atoms with van der Waals surface area (Å²) in [5.41, 5.74) is -2.51. The SMILES string of the molecule is C[C@@H]1CN(C[C@H]2CN(S(=O)(=O)c3cccs3)CCN2c2ccc(C(C)(O)C(F)(F)F)cc2)CCO1. The van der Waals surface area contributed by atoms with Crippen LogP contribution in [0.15, 0.2) is 46.0 Å². The molecule has 7 nitrogen and oxygen atoms in total. The summed E-state index contributed by atoms with van der Waals surface area (Å²) >= 11 is 1.18. The number of sulfonamides is 1. The highest BCUT2D eigenvalue weighted by atomic mass is 32.2. The van der Waals surface area contributed by atoms with Crippen LogP contribution in [0.2, 0.25) is 0 Å². The van der Waals surface area contributed by atoms with Gasteiger partial charge in [0.05, 0.1) is 18.8 Å². The molecule has 0 saturated carbocycles. The summed E-state index contributed by atoms with van der Waals surface area (Å²) < 4.78 is 73.6. The zero-order valence-electron chi connectivity index (χ0n) is 19.6. The fraction of sp³-hybridized carbons (Fsp3) is 0.565. The normalized spacial score (nSPS) is 24.9. The first kappa shape index (κ1) is 26.4. The molecule has 0 aliphatic carbocycles. The number of morpholine rings is 1. The van der Waals surface area contributed by atoms with Crippen molar-refractivity contribution >= 4 is 27.0 Å². The van der Waals surface area contributed by atoms with Crippen molar-refractivity contribution in [1.29, 1.82) is 0 Å². The highest BCUT2D eigenvalue weighted by Gasteiger charge is 2.51. The molecule has 35 heavy (non-hydrogen) atoms. The first-order valence-corrected chi connectivity index (χ1v) is 13.8. The van der Waals surface area contributed by atoms with Gasteiger partial charge < -0.3 is 14.7 Å². The molecule has 1 N–H and O–H groups in total. The molecule has 0 amide bonds. The van der Waals surface area contributed by atoms with Crippen LogP contribution in [0.3, 0.4) is 0 Å². The second-order valence-corrected chi connectivity index (χ2v) is 12.3. The molecule has 3 heterocycles. The van der Waals surface area contributed by atoms with Crippen molar-refractivity contribution in [3.8, 4) is 0 Å². The van der Waals surface area contributed by atoms with Crippen LogP contribution in [-0.2, 0) is 20.4 Å². The monoisotopic (exact) mass is 533 g/mol. The van der Waals surface area contributed by atoms with E-state index in [4.69, 9.17) is 4.74 Å². The smallest absolute Gasteiger partial charge is 0.376 e. The van der Waals surface area contributed by atoms with Crippen molar-refractivity contribution in [2.24, 2.45) is 0 Å². The fourth-order valence-corrected chi connectivity index (χ4v) is 7.19. The van der Waals surface area contributed by atoms with Gasteiger partial charge in [0.25, 0.3) is 10.0 Å². The van der Waals surface area contributed by atoms with Crippen LogP contribution in [0.4, 0.5) is 18.9 Å². The van der Waals surface area contributed by atoms with Gasteiger partial charge in [-0.2, -0.15) is 17.5 Å². The Bertz CT molecular complexity index is 1090. The molecule has 1 aromatic carbocycles. The first-order valence-electron chi connectivity index (χ1n) is 11.4. The molecule has 12 heteroatoms. The third kappa shape index (κ3) is 5.52. The highest BCUT2D eigenvalue weighted by molar-refractivity contribution is 7.91. The van der Waals surface area contributed by atoms with Crippen LogP contribution in [0.5, 0.6) is 0 Å². The van der Waals surface area contributed by atoms with Crippen molar-refractivity contribution in [3.63, 3.8) is 0 Å². The zero-order chi connectivity index (χ0) is 25.4. The number of aliphatic hydroxyl groups is 1. The minimum atomic E-state index is -4.80. The van der Waals surface area contributed by atoms with E-state index in [0.717, 1.165) is 20.0 Å². The van der Waals surface area contributed by atoms with Gasteiger partial charge in [-0.05, 0) is 43.0 Å². The van der Waals surface area contributed by atoms with Crippen LogP contribution < -0.4 is 4.90 Å². The number of ether oxygens (including phenoxy) is 1. The molecule has 2 saturated heterocycles. The average molecular weight is 534 g/mol. The van der Waals surface area contributed by atoms with Crippen molar-refractivity contribution in [3.05, 3.63) is 47.3 Å². The van der Waals surface area contributed by atoms with Crippen LogP contribution in [0, 0.1) is 0 Å². The third-order valence-corrected chi connectivity index (χ3v) is 9.88. The van der Waals surface area contributed by atoms with Gasteiger partial charge in [-0.25, -0.2) is 8.42 Å². The van der Waals surface area contributed by atoms with Crippen LogP contribution >= 0.6 is 11.3 Å². The van der Waals surface area contributed by atoms with E-state index in [1.54, 1.807) is 29.6 Å². The molecule has 0 spiro atoms. The fourth-order valence-electron chi connectivity index (χ4n) is 4.57. The van der Waals surface area contributed by atoms with Gasteiger partial charge in [0.15, 0.2) is 5.60 Å². The van der Waals surface area contributed by atoms with E-state index in [9.17, 15) is 26.7 Å². The number of hydrogen-bond acceptors (Lipinski definition) is 7. The standard InChI is InChI=1S/C23H30F3N3O4S2/c1-17-14-27(11-12-33-17)15-20-16-28(35(31,32)21-4-3-13-34-21)9-10-29(20)19-7-5-18(6-8-19)22(2,30)23(24,25)26/h3-8,13,17,20,30H,9-12,14-16H2,1-2H3/t17-,20+,22?/m1/s1. The van der Waals surface area contributed by atoms with E-state index < -0.39 is 21.8 Å². The van der Waals surface area contributed by atoms with E-state index in [0.29, 0.717) is 29.6 Å². The Morgan fingerprint density at radius 2 is 1.83 bits per heavy atom. The lowest BCUT2D eigenvalue weighted by Gasteiger charge is -2.45. The van der Waals surface area contributed by atoms with E-state index in [2.05, 4.69) is 4.90 Å². The van der Waals surface area contributed by atoms with Crippen LogP contribution in [-0.4, -0.2) is 86.9 Å². The minimum absolute atomic E-state index is 0.0654. The summed E-state index contributed by atoms with van der Waals surface area (Å²) in [4.78, 5) is 4.28. The zero-order valence-corrected chi connectivity index (χ0v) is 21.2. The van der Waals surface area contributed by atoms with Crippen molar-refractivity contribution in [2.75, 3.05) is 50.8 Å². The number of nitrogens with zero attached hydrogens (tertiary/aromatic N) is 3. The molecule has 1 unspecified atom stereocenters. The molecule has 0 radical (unpaired) electrons. The number of alkyl halides is 3. The number of hydrogen-bond donors (Lipinski definition) is 1. The number of thiophene rings is 1. The maximum atomic E-state index is 13.3. The second-order valence-electron chi connectivity index (χ2n) is 9.20. The Morgan fingerprint density at radius 1 is 1.11 bits per heavy atom. The number of piperazine rings is 1. The Morgan fingerprint density at radius 3 is 2.43 bits per heavy atom. The highest BCUT2D eigenvalue weighted by Crippen LogP contribution is 2.39. The maximum Gasteiger partial charge on any atom is 0.421 e. The molecule has 194 valence electrons. The second kappa shape index (κ2) is 9.98. The number of halogens is 3. The van der Waals surface area contributed by atoms with E-state index >= 15 is 0 Å². The van der Waals surface area contributed by atoms with Gasteiger partial charge in [-0.15, -0.1) is 11.3 Å². The van der Waals surface area contributed by atoms with Gasteiger partial charge in [0, 0.05) is 45.0 Å². The van der Waals surface area contributed by atoms with E-state index in [1.807, 2.05) is 11.8 Å². The Kier molecular flexibility index (Phi) is 7.52. The molecule has 2 aliphatic heterocycles. The summed E-state index contributed by atoms with van der Waals surface area (Å²) in [6.07, 6.45) is -4.73. The lowest BCUT2D eigenvalue weighted by atomic mass is 9.95. The summed E-state index contributed by atoms with van der Waals surface area (Å²) in [6.45, 7) is 6.26. The lowest BCUT2D eigenvalue weighted by molar-refractivity contribution is -0.258. The van der Waals surface area contributed by atoms with E-state index in [1.165, 1.54) is 27.8 Å². The summed E-state index contributed by atoms with van der Waals surface area (Å²) in [5.74, 6) is 0. The van der Waals surface area contributed by atoms with Crippen LogP contribution in [0.25, 0.3) is 0 Å². The predicted octanol–water partition coefficient (Wildman–Crippen LogP) is 3.12. The van der Waals surface area contributed by atoms with Gasteiger partial charge in [0.1, 0.15) is 4.21 Å². The molecule has 4 rings (SSSR count). The number of rotatable bonds is 6. The van der Waals surface area contributed by atoms with E-state index in [-0.39, 0.29) is 30.8 Å². The van der Waals surface area contributed by atoms with Gasteiger partial charge in [0.2, 0.25) is 0 Å². The number of anilines is 1. The molecule has 1 aromatic heterocycles. The molecular formula is C23H30F3N3O4S2. The van der Waals surface area contributed by atoms with Crippen molar-refractivity contribution in [2.45, 2.75) is 42.0 Å². The molecule has 0 bridgehead atoms. The molecular weight excluding hydrogens is 503 g/mol. The maximum absolute atomic E-state index is 13.3.